The van der Waals surface area contributed by atoms with Gasteiger partial charge in [-0.05, 0) is 30.2 Å². The molecule has 88 valence electrons. The van der Waals surface area contributed by atoms with Crippen molar-refractivity contribution in [2.24, 2.45) is 0 Å². The molecule has 2 rings (SSSR count). The first-order chi connectivity index (χ1) is 8.38. The number of nitrogens with one attached hydrogen (secondary N) is 1. The highest BCUT2D eigenvalue weighted by Crippen LogP contribution is 2.07. The van der Waals surface area contributed by atoms with E-state index in [1.165, 1.54) is 5.56 Å². The highest BCUT2D eigenvalue weighted by Gasteiger charge is 1.99. The molecule has 0 amide bonds. The van der Waals surface area contributed by atoms with Gasteiger partial charge in [-0.15, -0.1) is 0 Å². The highest BCUT2D eigenvalue weighted by atomic mass is 16.2. The standard InChI is InChI=1S/C13H15N3O/c17-8-2-1-3-13-15-10-12(16-13)9-11-4-6-14-7-5-11/h1,3-7,10,17H,2,8-9H2,(H,15,16)/b3-1+. The van der Waals surface area contributed by atoms with Crippen LogP contribution in [0, 0.1) is 0 Å². The summed E-state index contributed by atoms with van der Waals surface area (Å²) in [6.45, 7) is 0.168. The molecule has 0 unspecified atom stereocenters. The summed E-state index contributed by atoms with van der Waals surface area (Å²) in [6.07, 6.45) is 10.7. The zero-order valence-corrected chi connectivity index (χ0v) is 9.50. The summed E-state index contributed by atoms with van der Waals surface area (Å²) in [5.74, 6) is 0.822. The van der Waals surface area contributed by atoms with Crippen molar-refractivity contribution in [1.82, 2.24) is 15.0 Å². The van der Waals surface area contributed by atoms with Crippen LogP contribution in [0.3, 0.4) is 0 Å². The molecule has 0 saturated heterocycles. The van der Waals surface area contributed by atoms with E-state index in [9.17, 15) is 0 Å². The number of aliphatic hydroxyl groups is 1. The zero-order valence-electron chi connectivity index (χ0n) is 9.50. The van der Waals surface area contributed by atoms with Crippen LogP contribution >= 0.6 is 0 Å². The predicted octanol–water partition coefficient (Wildman–Crippen LogP) is 1.79. The molecule has 2 N–H and O–H groups in total. The summed E-state index contributed by atoms with van der Waals surface area (Å²) in [6, 6.07) is 3.98. The van der Waals surface area contributed by atoms with Crippen LogP contribution in [0.25, 0.3) is 6.08 Å². The number of H-pyrrole nitrogens is 1. The number of hydrogen-bond acceptors (Lipinski definition) is 3. The van der Waals surface area contributed by atoms with Crippen LogP contribution in [0.15, 0.2) is 36.8 Å². The van der Waals surface area contributed by atoms with E-state index in [4.69, 9.17) is 5.11 Å². The first kappa shape index (κ1) is 11.5. The van der Waals surface area contributed by atoms with E-state index >= 15 is 0 Å². The number of nitrogens with zero attached hydrogens (tertiary/aromatic N) is 2. The maximum atomic E-state index is 8.66. The Morgan fingerprint density at radius 1 is 1.29 bits per heavy atom. The number of rotatable bonds is 5. The van der Waals surface area contributed by atoms with Crippen LogP contribution in [-0.4, -0.2) is 26.7 Å². The van der Waals surface area contributed by atoms with Crippen LogP contribution in [0.2, 0.25) is 0 Å². The maximum absolute atomic E-state index is 8.66. The molecule has 2 aromatic rings. The lowest BCUT2D eigenvalue weighted by atomic mass is 10.2. The van der Waals surface area contributed by atoms with Gasteiger partial charge in [0.25, 0.3) is 0 Å². The van der Waals surface area contributed by atoms with Crippen molar-refractivity contribution < 1.29 is 5.11 Å². The fourth-order valence-corrected chi connectivity index (χ4v) is 1.54. The van der Waals surface area contributed by atoms with E-state index in [1.54, 1.807) is 12.4 Å². The third kappa shape index (κ3) is 3.53. The van der Waals surface area contributed by atoms with E-state index in [1.807, 2.05) is 30.5 Å². The second-order valence-electron chi connectivity index (χ2n) is 3.74. The van der Waals surface area contributed by atoms with Crippen LogP contribution in [0.5, 0.6) is 0 Å². The smallest absolute Gasteiger partial charge is 0.129 e. The third-order valence-corrected chi connectivity index (χ3v) is 2.36. The van der Waals surface area contributed by atoms with Crippen molar-refractivity contribution in [3.8, 4) is 0 Å². The van der Waals surface area contributed by atoms with Gasteiger partial charge in [0.2, 0.25) is 0 Å². The molecule has 0 aliphatic carbocycles. The summed E-state index contributed by atoms with van der Waals surface area (Å²) >= 11 is 0. The summed E-state index contributed by atoms with van der Waals surface area (Å²) in [5.41, 5.74) is 2.27. The van der Waals surface area contributed by atoms with Crippen molar-refractivity contribution in [2.75, 3.05) is 6.61 Å². The molecular formula is C13H15N3O. The minimum atomic E-state index is 0.168. The molecule has 2 aromatic heterocycles. The van der Waals surface area contributed by atoms with Gasteiger partial charge in [0.1, 0.15) is 5.82 Å². The number of pyridine rings is 1. The Labute approximate surface area is 100 Å². The van der Waals surface area contributed by atoms with Gasteiger partial charge in [0, 0.05) is 37.3 Å². The molecule has 0 atom stereocenters. The highest BCUT2D eigenvalue weighted by molar-refractivity contribution is 5.40. The van der Waals surface area contributed by atoms with E-state index in [0.717, 1.165) is 17.9 Å². The van der Waals surface area contributed by atoms with Gasteiger partial charge < -0.3 is 10.1 Å². The van der Waals surface area contributed by atoms with Crippen molar-refractivity contribution in [1.29, 1.82) is 0 Å². The summed E-state index contributed by atoms with van der Waals surface area (Å²) in [5, 5.41) is 8.66. The molecule has 0 saturated carbocycles. The molecule has 0 aliphatic rings. The molecule has 4 heteroatoms. The second-order valence-corrected chi connectivity index (χ2v) is 3.74. The van der Waals surface area contributed by atoms with Gasteiger partial charge in [-0.1, -0.05) is 6.08 Å². The van der Waals surface area contributed by atoms with Crippen molar-refractivity contribution in [2.45, 2.75) is 12.8 Å². The lowest BCUT2D eigenvalue weighted by Crippen LogP contribution is -1.88. The number of aromatic nitrogens is 3. The Kier molecular flexibility index (Phi) is 4.05. The predicted molar refractivity (Wildman–Crippen MR) is 66.4 cm³/mol. The summed E-state index contributed by atoms with van der Waals surface area (Å²) < 4.78 is 0. The summed E-state index contributed by atoms with van der Waals surface area (Å²) in [4.78, 5) is 11.4. The molecule has 0 spiro atoms. The number of aromatic amines is 1. The van der Waals surface area contributed by atoms with Crippen LogP contribution in [0.4, 0.5) is 0 Å². The Balaban J connectivity index is 1.99. The molecule has 4 nitrogen and oxygen atoms in total. The van der Waals surface area contributed by atoms with E-state index < -0.39 is 0 Å². The molecule has 0 bridgehead atoms. The monoisotopic (exact) mass is 229 g/mol. The lowest BCUT2D eigenvalue weighted by molar-refractivity contribution is 0.303. The van der Waals surface area contributed by atoms with Crippen molar-refractivity contribution in [3.05, 3.63) is 53.9 Å². The molecule has 17 heavy (non-hydrogen) atoms. The van der Waals surface area contributed by atoms with E-state index in [2.05, 4.69) is 15.0 Å². The van der Waals surface area contributed by atoms with E-state index in [0.29, 0.717) is 6.42 Å². The normalized spacial score (nSPS) is 11.1. The van der Waals surface area contributed by atoms with E-state index in [-0.39, 0.29) is 6.61 Å². The van der Waals surface area contributed by atoms with Gasteiger partial charge in [-0.2, -0.15) is 0 Å². The van der Waals surface area contributed by atoms with Gasteiger partial charge in [-0.3, -0.25) is 4.98 Å². The Bertz CT molecular complexity index is 476. The minimum absolute atomic E-state index is 0.168. The average Bonchev–Trinajstić information content (AvgIpc) is 2.79. The largest absolute Gasteiger partial charge is 0.396 e. The summed E-state index contributed by atoms with van der Waals surface area (Å²) in [7, 11) is 0. The Morgan fingerprint density at radius 2 is 2.12 bits per heavy atom. The number of imidazole rings is 1. The first-order valence-corrected chi connectivity index (χ1v) is 5.58. The van der Waals surface area contributed by atoms with Gasteiger partial charge >= 0.3 is 0 Å². The topological polar surface area (TPSA) is 61.8 Å². The lowest BCUT2D eigenvalue weighted by Gasteiger charge is -1.96. The molecular weight excluding hydrogens is 214 g/mol. The van der Waals surface area contributed by atoms with Crippen molar-refractivity contribution >= 4 is 6.08 Å². The number of aliphatic hydroxyl groups excluding tert-OH is 1. The Morgan fingerprint density at radius 3 is 2.88 bits per heavy atom. The third-order valence-electron chi connectivity index (χ3n) is 2.36. The van der Waals surface area contributed by atoms with Crippen molar-refractivity contribution in [3.63, 3.8) is 0 Å². The van der Waals surface area contributed by atoms with Gasteiger partial charge in [0.05, 0.1) is 0 Å². The maximum Gasteiger partial charge on any atom is 0.129 e. The van der Waals surface area contributed by atoms with Gasteiger partial charge in [0.15, 0.2) is 0 Å². The quantitative estimate of drug-likeness (QED) is 0.821. The van der Waals surface area contributed by atoms with Crippen LogP contribution < -0.4 is 0 Å². The minimum Gasteiger partial charge on any atom is -0.396 e. The SMILES string of the molecule is OCC/C=C/c1ncc(Cc2ccncc2)[nH]1. The van der Waals surface area contributed by atoms with Crippen LogP contribution in [-0.2, 0) is 6.42 Å². The fraction of sp³-hybridized carbons (Fsp3) is 0.231. The van der Waals surface area contributed by atoms with Gasteiger partial charge in [-0.25, -0.2) is 4.98 Å². The molecule has 2 heterocycles. The number of hydrogen-bond donors (Lipinski definition) is 2. The second kappa shape index (κ2) is 5.96. The van der Waals surface area contributed by atoms with Crippen LogP contribution in [0.1, 0.15) is 23.5 Å². The fourth-order valence-electron chi connectivity index (χ4n) is 1.54. The zero-order chi connectivity index (χ0) is 11.9. The molecule has 0 aliphatic heterocycles. The molecule has 0 aromatic carbocycles. The average molecular weight is 229 g/mol. The Hall–Kier alpha value is -1.94. The molecule has 0 fully saturated rings. The molecule has 0 radical (unpaired) electrons. The first-order valence-electron chi connectivity index (χ1n) is 5.58.